The Bertz CT molecular complexity index is 445. The van der Waals surface area contributed by atoms with E-state index in [-0.39, 0.29) is 6.79 Å². The highest BCUT2D eigenvalue weighted by atomic mass is 16.7. The Morgan fingerprint density at radius 1 is 1.31 bits per heavy atom. The second-order valence-corrected chi connectivity index (χ2v) is 3.16. The van der Waals surface area contributed by atoms with Gasteiger partial charge in [-0.3, -0.25) is 10.9 Å². The molecule has 1 aromatic rings. The number of primary amides is 1. The number of nitrogens with one attached hydrogen (secondary N) is 2. The summed E-state index contributed by atoms with van der Waals surface area (Å²) in [6, 6.07) is 4.66. The highest BCUT2D eigenvalue weighted by Crippen LogP contribution is 2.33. The van der Waals surface area contributed by atoms with Crippen molar-refractivity contribution < 1.29 is 14.3 Å². The zero-order valence-corrected chi connectivity index (χ0v) is 8.45. The van der Waals surface area contributed by atoms with Crippen molar-refractivity contribution in [3.8, 4) is 11.5 Å². The second kappa shape index (κ2) is 4.01. The molecule has 1 aliphatic rings. The molecule has 0 spiro atoms. The van der Waals surface area contributed by atoms with Crippen molar-refractivity contribution in [1.29, 1.82) is 0 Å². The second-order valence-electron chi connectivity index (χ2n) is 3.16. The van der Waals surface area contributed by atoms with Crippen molar-refractivity contribution in [3.05, 3.63) is 30.3 Å². The lowest BCUT2D eigenvalue weighted by molar-refractivity contribution is 0.174. The van der Waals surface area contributed by atoms with Gasteiger partial charge < -0.3 is 15.2 Å². The van der Waals surface area contributed by atoms with Gasteiger partial charge in [0.15, 0.2) is 11.5 Å². The summed E-state index contributed by atoms with van der Waals surface area (Å²) >= 11 is 0. The topological polar surface area (TPSA) is 85.6 Å². The number of hydrazine groups is 1. The number of rotatable bonds is 3. The van der Waals surface area contributed by atoms with Gasteiger partial charge in [0.1, 0.15) is 0 Å². The molecule has 0 bridgehead atoms. The first-order valence-electron chi connectivity index (χ1n) is 4.57. The van der Waals surface area contributed by atoms with Gasteiger partial charge >= 0.3 is 6.03 Å². The molecule has 0 fully saturated rings. The number of carbonyl (C=O) groups is 1. The minimum Gasteiger partial charge on any atom is -0.454 e. The highest BCUT2D eigenvalue weighted by Gasteiger charge is 2.13. The fourth-order valence-corrected chi connectivity index (χ4v) is 1.29. The van der Waals surface area contributed by atoms with Crippen LogP contribution in [0.3, 0.4) is 0 Å². The number of urea groups is 1. The number of ether oxygens (including phenoxy) is 2. The summed E-state index contributed by atoms with van der Waals surface area (Å²) in [5.74, 6) is 1.35. The van der Waals surface area contributed by atoms with E-state index >= 15 is 0 Å². The van der Waals surface area contributed by atoms with Gasteiger partial charge in [-0.05, 0) is 18.2 Å². The Morgan fingerprint density at radius 2 is 2.06 bits per heavy atom. The minimum absolute atomic E-state index is 0.220. The molecular weight excluding hydrogens is 210 g/mol. The average Bonchev–Trinajstić information content (AvgIpc) is 2.72. The largest absolute Gasteiger partial charge is 0.454 e. The summed E-state index contributed by atoms with van der Waals surface area (Å²) < 4.78 is 10.4. The van der Waals surface area contributed by atoms with Crippen LogP contribution in [0, 0.1) is 0 Å². The van der Waals surface area contributed by atoms with E-state index in [9.17, 15) is 4.79 Å². The maximum atomic E-state index is 10.5. The van der Waals surface area contributed by atoms with Crippen molar-refractivity contribution >= 4 is 11.7 Å². The van der Waals surface area contributed by atoms with Crippen molar-refractivity contribution in [1.82, 2.24) is 10.9 Å². The molecule has 0 aromatic heterocycles. The normalized spacial score (nSPS) is 12.0. The lowest BCUT2D eigenvalue weighted by Crippen LogP contribution is -2.39. The van der Waals surface area contributed by atoms with Gasteiger partial charge in [-0.15, -0.1) is 0 Å². The molecule has 0 atom stereocenters. The smallest absolute Gasteiger partial charge is 0.330 e. The molecule has 0 saturated heterocycles. The fraction of sp³-hybridized carbons (Fsp3) is 0.100. The standard InChI is InChI=1S/C10H11N3O3/c1-6(12-13-10(11)14)7-2-3-8-9(4-7)16-5-15-8/h2-4,12H,1,5H2,(H3,11,13,14). The van der Waals surface area contributed by atoms with E-state index in [2.05, 4.69) is 17.4 Å². The van der Waals surface area contributed by atoms with Crippen LogP contribution in [0.4, 0.5) is 4.79 Å². The van der Waals surface area contributed by atoms with Gasteiger partial charge in [0, 0.05) is 5.56 Å². The first kappa shape index (κ1) is 10.2. The van der Waals surface area contributed by atoms with Crippen LogP contribution in [0.2, 0.25) is 0 Å². The van der Waals surface area contributed by atoms with Crippen molar-refractivity contribution in [3.63, 3.8) is 0 Å². The molecule has 0 radical (unpaired) electrons. The van der Waals surface area contributed by atoms with Crippen LogP contribution in [0.15, 0.2) is 24.8 Å². The maximum Gasteiger partial charge on any atom is 0.330 e. The SMILES string of the molecule is C=C(NNC(N)=O)c1ccc2c(c1)OCO2. The highest BCUT2D eigenvalue weighted by molar-refractivity contribution is 5.73. The van der Waals surface area contributed by atoms with Crippen LogP contribution in [0.5, 0.6) is 11.5 Å². The molecule has 16 heavy (non-hydrogen) atoms. The number of hydrogen-bond acceptors (Lipinski definition) is 4. The van der Waals surface area contributed by atoms with E-state index < -0.39 is 6.03 Å². The first-order valence-corrected chi connectivity index (χ1v) is 4.57. The zero-order valence-electron chi connectivity index (χ0n) is 8.45. The van der Waals surface area contributed by atoms with Crippen LogP contribution >= 0.6 is 0 Å². The summed E-state index contributed by atoms with van der Waals surface area (Å²) in [6.07, 6.45) is 0. The number of hydrogen-bond donors (Lipinski definition) is 3. The number of fused-ring (bicyclic) bond motifs is 1. The molecule has 2 rings (SSSR count). The number of carbonyl (C=O) groups excluding carboxylic acids is 1. The van der Waals surface area contributed by atoms with Crippen molar-refractivity contribution in [2.45, 2.75) is 0 Å². The van der Waals surface area contributed by atoms with Gasteiger partial charge in [-0.1, -0.05) is 6.58 Å². The molecule has 0 aliphatic carbocycles. The van der Waals surface area contributed by atoms with E-state index in [0.717, 1.165) is 5.56 Å². The van der Waals surface area contributed by atoms with E-state index in [1.165, 1.54) is 0 Å². The third-order valence-corrected chi connectivity index (χ3v) is 2.06. The van der Waals surface area contributed by atoms with Crippen LogP contribution in [0.25, 0.3) is 5.70 Å². The predicted molar refractivity (Wildman–Crippen MR) is 57.5 cm³/mol. The first-order chi connectivity index (χ1) is 7.66. The lowest BCUT2D eigenvalue weighted by Gasteiger charge is -2.09. The number of benzene rings is 1. The summed E-state index contributed by atoms with van der Waals surface area (Å²) in [5, 5.41) is 0. The van der Waals surface area contributed by atoms with Gasteiger partial charge in [0.2, 0.25) is 6.79 Å². The summed E-state index contributed by atoms with van der Waals surface area (Å²) in [5.41, 5.74) is 11.0. The monoisotopic (exact) mass is 221 g/mol. The molecule has 4 N–H and O–H groups in total. The van der Waals surface area contributed by atoms with Crippen LogP contribution in [-0.2, 0) is 0 Å². The van der Waals surface area contributed by atoms with Gasteiger partial charge in [0.25, 0.3) is 0 Å². The summed E-state index contributed by atoms with van der Waals surface area (Å²) in [7, 11) is 0. The molecule has 2 amide bonds. The molecule has 6 nitrogen and oxygen atoms in total. The zero-order chi connectivity index (χ0) is 11.5. The Kier molecular flexibility index (Phi) is 2.55. The minimum atomic E-state index is -0.679. The Labute approximate surface area is 92.0 Å². The Hall–Kier alpha value is -2.37. The molecular formula is C10H11N3O3. The van der Waals surface area contributed by atoms with E-state index in [1.54, 1.807) is 18.2 Å². The predicted octanol–water partition coefficient (Wildman–Crippen LogP) is 0.559. The van der Waals surface area contributed by atoms with Gasteiger partial charge in [-0.2, -0.15) is 0 Å². The Balaban J connectivity index is 2.09. The van der Waals surface area contributed by atoms with Crippen molar-refractivity contribution in [2.75, 3.05) is 6.79 Å². The molecule has 0 unspecified atom stereocenters. The quantitative estimate of drug-likeness (QED) is 0.651. The fourth-order valence-electron chi connectivity index (χ4n) is 1.29. The molecule has 84 valence electrons. The Morgan fingerprint density at radius 3 is 2.81 bits per heavy atom. The molecule has 6 heteroatoms. The van der Waals surface area contributed by atoms with Gasteiger partial charge in [-0.25, -0.2) is 4.79 Å². The molecule has 0 saturated carbocycles. The third kappa shape index (κ3) is 2.00. The van der Waals surface area contributed by atoms with E-state index in [0.29, 0.717) is 17.2 Å². The van der Waals surface area contributed by atoms with Crippen molar-refractivity contribution in [2.24, 2.45) is 5.73 Å². The average molecular weight is 221 g/mol. The van der Waals surface area contributed by atoms with E-state index in [4.69, 9.17) is 15.2 Å². The van der Waals surface area contributed by atoms with Crippen LogP contribution < -0.4 is 26.1 Å². The van der Waals surface area contributed by atoms with Gasteiger partial charge in [0.05, 0.1) is 5.70 Å². The molecule has 1 aromatic carbocycles. The molecule has 1 aliphatic heterocycles. The van der Waals surface area contributed by atoms with E-state index in [1.807, 2.05) is 0 Å². The summed E-state index contributed by atoms with van der Waals surface area (Å²) in [6.45, 7) is 3.97. The number of amides is 2. The van der Waals surface area contributed by atoms with Crippen LogP contribution in [0.1, 0.15) is 5.56 Å². The third-order valence-electron chi connectivity index (χ3n) is 2.06. The number of nitrogens with two attached hydrogens (primary N) is 1. The molecule has 1 heterocycles. The maximum absolute atomic E-state index is 10.5. The lowest BCUT2D eigenvalue weighted by atomic mass is 10.1. The summed E-state index contributed by atoms with van der Waals surface area (Å²) in [4.78, 5) is 10.5. The van der Waals surface area contributed by atoms with Crippen LogP contribution in [-0.4, -0.2) is 12.8 Å².